The SMILES string of the molecule is COCCN1CCC(NC(=NCC(=O)N(C)C)NCC(C)C)CC1.I. The van der Waals surface area contributed by atoms with E-state index in [1.54, 1.807) is 26.1 Å². The second-order valence-electron chi connectivity index (χ2n) is 6.98. The van der Waals surface area contributed by atoms with Crippen molar-refractivity contribution in [2.24, 2.45) is 10.9 Å². The molecule has 0 aromatic rings. The highest BCUT2D eigenvalue weighted by atomic mass is 127. The van der Waals surface area contributed by atoms with Gasteiger partial charge in [0.25, 0.3) is 0 Å². The smallest absolute Gasteiger partial charge is 0.243 e. The molecule has 0 bridgehead atoms. The van der Waals surface area contributed by atoms with Crippen molar-refractivity contribution in [1.82, 2.24) is 20.4 Å². The van der Waals surface area contributed by atoms with E-state index in [4.69, 9.17) is 4.74 Å². The topological polar surface area (TPSA) is 69.2 Å². The average molecular weight is 469 g/mol. The van der Waals surface area contributed by atoms with Crippen molar-refractivity contribution >= 4 is 35.8 Å². The van der Waals surface area contributed by atoms with Gasteiger partial charge in [-0.05, 0) is 18.8 Å². The molecule has 0 unspecified atom stereocenters. The summed E-state index contributed by atoms with van der Waals surface area (Å²) in [6.07, 6.45) is 2.15. The summed E-state index contributed by atoms with van der Waals surface area (Å²) in [6, 6.07) is 0.400. The number of carbonyl (C=O) groups is 1. The number of ether oxygens (including phenoxy) is 1. The molecular formula is C17H36IN5O2. The summed E-state index contributed by atoms with van der Waals surface area (Å²) in [5.41, 5.74) is 0. The molecule has 0 aromatic heterocycles. The molecule has 1 heterocycles. The number of hydrogen-bond acceptors (Lipinski definition) is 4. The predicted octanol–water partition coefficient (Wildman–Crippen LogP) is 0.995. The van der Waals surface area contributed by atoms with Crippen LogP contribution in [0.15, 0.2) is 4.99 Å². The molecule has 0 spiro atoms. The summed E-state index contributed by atoms with van der Waals surface area (Å²) in [7, 11) is 5.25. The van der Waals surface area contributed by atoms with Gasteiger partial charge in [0.05, 0.1) is 6.61 Å². The minimum Gasteiger partial charge on any atom is -0.383 e. The van der Waals surface area contributed by atoms with Crippen molar-refractivity contribution in [3.05, 3.63) is 0 Å². The van der Waals surface area contributed by atoms with Gasteiger partial charge in [0.1, 0.15) is 6.54 Å². The first-order valence-electron chi connectivity index (χ1n) is 8.88. The maximum atomic E-state index is 11.8. The Morgan fingerprint density at radius 2 is 1.96 bits per heavy atom. The fourth-order valence-electron chi connectivity index (χ4n) is 2.46. The quantitative estimate of drug-likeness (QED) is 0.316. The molecule has 7 nitrogen and oxygen atoms in total. The summed E-state index contributed by atoms with van der Waals surface area (Å²) in [6.45, 7) is 9.24. The molecule has 1 fully saturated rings. The van der Waals surface area contributed by atoms with Crippen molar-refractivity contribution in [3.8, 4) is 0 Å². The highest BCUT2D eigenvalue weighted by Gasteiger charge is 2.20. The zero-order valence-electron chi connectivity index (χ0n) is 16.4. The Morgan fingerprint density at radius 1 is 1.32 bits per heavy atom. The lowest BCUT2D eigenvalue weighted by Gasteiger charge is -2.33. The first kappa shape index (κ1) is 24.4. The largest absolute Gasteiger partial charge is 0.383 e. The first-order chi connectivity index (χ1) is 11.4. The van der Waals surface area contributed by atoms with Crippen LogP contribution in [0.1, 0.15) is 26.7 Å². The molecule has 1 amide bonds. The van der Waals surface area contributed by atoms with Gasteiger partial charge in [0.15, 0.2) is 5.96 Å². The van der Waals surface area contributed by atoms with Gasteiger partial charge in [-0.15, -0.1) is 24.0 Å². The van der Waals surface area contributed by atoms with Crippen molar-refractivity contribution < 1.29 is 9.53 Å². The molecule has 0 aliphatic carbocycles. The number of piperidine rings is 1. The van der Waals surface area contributed by atoms with Crippen LogP contribution in [-0.2, 0) is 9.53 Å². The van der Waals surface area contributed by atoms with Gasteiger partial charge >= 0.3 is 0 Å². The Hall–Kier alpha value is -0.610. The number of nitrogens with one attached hydrogen (secondary N) is 2. The molecule has 0 aromatic carbocycles. The molecule has 148 valence electrons. The summed E-state index contributed by atoms with van der Waals surface area (Å²) in [5.74, 6) is 1.28. The Kier molecular flexibility index (Phi) is 13.2. The van der Waals surface area contributed by atoms with Crippen LogP contribution in [0.25, 0.3) is 0 Å². The van der Waals surface area contributed by atoms with Crippen molar-refractivity contribution in [3.63, 3.8) is 0 Å². The van der Waals surface area contributed by atoms with Gasteiger partial charge in [-0.1, -0.05) is 13.8 Å². The van der Waals surface area contributed by atoms with E-state index in [9.17, 15) is 4.79 Å². The molecule has 0 atom stereocenters. The fraction of sp³-hybridized carbons (Fsp3) is 0.882. The van der Waals surface area contributed by atoms with E-state index in [0.717, 1.165) is 51.6 Å². The van der Waals surface area contributed by atoms with Crippen molar-refractivity contribution in [2.75, 3.05) is 60.5 Å². The second kappa shape index (κ2) is 13.6. The fourth-order valence-corrected chi connectivity index (χ4v) is 2.46. The van der Waals surface area contributed by atoms with E-state index in [2.05, 4.69) is 34.4 Å². The molecule has 1 aliphatic rings. The van der Waals surface area contributed by atoms with Crippen LogP contribution in [-0.4, -0.2) is 88.2 Å². The average Bonchev–Trinajstić information content (AvgIpc) is 2.56. The number of hydrogen-bond donors (Lipinski definition) is 2. The molecule has 0 radical (unpaired) electrons. The summed E-state index contributed by atoms with van der Waals surface area (Å²) in [5, 5.41) is 6.83. The zero-order chi connectivity index (χ0) is 17.9. The lowest BCUT2D eigenvalue weighted by atomic mass is 10.1. The van der Waals surface area contributed by atoms with E-state index >= 15 is 0 Å². The van der Waals surface area contributed by atoms with Gasteiger partial charge < -0.3 is 25.2 Å². The lowest BCUT2D eigenvalue weighted by molar-refractivity contribution is -0.127. The molecule has 8 heteroatoms. The van der Waals surface area contributed by atoms with Crippen LogP contribution in [0.5, 0.6) is 0 Å². The van der Waals surface area contributed by atoms with Gasteiger partial charge in [-0.25, -0.2) is 4.99 Å². The maximum absolute atomic E-state index is 11.8. The summed E-state index contributed by atoms with van der Waals surface area (Å²) >= 11 is 0. The number of nitrogens with zero attached hydrogens (tertiary/aromatic N) is 3. The highest BCUT2D eigenvalue weighted by Crippen LogP contribution is 2.09. The third-order valence-electron chi connectivity index (χ3n) is 4.09. The number of aliphatic imine (C=N–C) groups is 1. The minimum absolute atomic E-state index is 0. The normalized spacial score (nSPS) is 16.5. The Bertz CT molecular complexity index is 396. The highest BCUT2D eigenvalue weighted by molar-refractivity contribution is 14.0. The monoisotopic (exact) mass is 469 g/mol. The van der Waals surface area contributed by atoms with E-state index in [0.29, 0.717) is 12.0 Å². The van der Waals surface area contributed by atoms with Crippen LogP contribution in [0.3, 0.4) is 0 Å². The van der Waals surface area contributed by atoms with Crippen LogP contribution >= 0.6 is 24.0 Å². The number of likely N-dealkylation sites (N-methyl/N-ethyl adjacent to an activating group) is 1. The van der Waals surface area contributed by atoms with E-state index < -0.39 is 0 Å². The molecule has 2 N–H and O–H groups in total. The molecule has 1 saturated heterocycles. The van der Waals surface area contributed by atoms with Crippen molar-refractivity contribution in [1.29, 1.82) is 0 Å². The summed E-state index contributed by atoms with van der Waals surface area (Å²) < 4.78 is 5.14. The van der Waals surface area contributed by atoms with E-state index in [1.165, 1.54) is 0 Å². The van der Waals surface area contributed by atoms with Gasteiger partial charge in [0.2, 0.25) is 5.91 Å². The second-order valence-corrected chi connectivity index (χ2v) is 6.98. The first-order valence-corrected chi connectivity index (χ1v) is 8.88. The minimum atomic E-state index is 0. The third-order valence-corrected chi connectivity index (χ3v) is 4.09. The van der Waals surface area contributed by atoms with Crippen LogP contribution in [0, 0.1) is 5.92 Å². The van der Waals surface area contributed by atoms with E-state index in [-0.39, 0.29) is 36.4 Å². The van der Waals surface area contributed by atoms with Gasteiger partial charge in [-0.3, -0.25) is 4.79 Å². The molecule has 25 heavy (non-hydrogen) atoms. The molecule has 1 rings (SSSR count). The Labute approximate surface area is 170 Å². The standard InChI is InChI=1S/C17H35N5O2.HI/c1-14(2)12-18-17(19-13-16(23)21(3)4)20-15-6-8-22(9-7-15)10-11-24-5;/h14-15H,6-13H2,1-5H3,(H2,18,19,20);1H. The third kappa shape index (κ3) is 10.9. The maximum Gasteiger partial charge on any atom is 0.243 e. The Morgan fingerprint density at radius 3 is 2.48 bits per heavy atom. The van der Waals surface area contributed by atoms with E-state index in [1.807, 2.05) is 0 Å². The van der Waals surface area contributed by atoms with Gasteiger partial charge in [0, 0.05) is 53.4 Å². The number of methoxy groups -OCH3 is 1. The van der Waals surface area contributed by atoms with Crippen molar-refractivity contribution in [2.45, 2.75) is 32.7 Å². The number of guanidine groups is 1. The van der Waals surface area contributed by atoms with Crippen LogP contribution in [0.4, 0.5) is 0 Å². The Balaban J connectivity index is 0.00000576. The number of halogens is 1. The zero-order valence-corrected chi connectivity index (χ0v) is 18.7. The number of amides is 1. The molecule has 0 saturated carbocycles. The number of carbonyl (C=O) groups excluding carboxylic acids is 1. The molecule has 1 aliphatic heterocycles. The van der Waals surface area contributed by atoms with Gasteiger partial charge in [-0.2, -0.15) is 0 Å². The van der Waals surface area contributed by atoms with Crippen LogP contribution < -0.4 is 10.6 Å². The lowest BCUT2D eigenvalue weighted by Crippen LogP contribution is -2.49. The predicted molar refractivity (Wildman–Crippen MR) is 114 cm³/mol. The summed E-state index contributed by atoms with van der Waals surface area (Å²) in [4.78, 5) is 20.2. The van der Waals surface area contributed by atoms with Crippen LogP contribution in [0.2, 0.25) is 0 Å². The number of likely N-dealkylation sites (tertiary alicyclic amines) is 1. The molecular weight excluding hydrogens is 433 g/mol. The number of rotatable bonds is 8.